The van der Waals surface area contributed by atoms with Crippen LogP contribution >= 0.6 is 0 Å². The minimum absolute atomic E-state index is 0.0695. The molecule has 1 unspecified atom stereocenters. The van der Waals surface area contributed by atoms with E-state index in [1.165, 1.54) is 263 Å². The number of hydrogen-bond donors (Lipinski definition) is 0. The summed E-state index contributed by atoms with van der Waals surface area (Å²) in [7, 11) is 0. The number of carbonyl (C=O) groups excluding carboxylic acids is 3. The molecule has 0 aromatic carbocycles. The fraction of sp³-hybridized carbons (Fsp3) is 0.897. The summed E-state index contributed by atoms with van der Waals surface area (Å²) in [4.78, 5) is 38.1. The summed E-state index contributed by atoms with van der Waals surface area (Å²) < 4.78 is 16.8. The number of unbranched alkanes of at least 4 members (excludes halogenated alkanes) is 47. The van der Waals surface area contributed by atoms with E-state index in [1.807, 2.05) is 0 Å². The second-order valence-corrected chi connectivity index (χ2v) is 22.7. The molecule has 0 aliphatic carbocycles. The Kier molecular flexibility index (Phi) is 61.6. The molecule has 0 rings (SSSR count). The molecule has 1 atom stereocenters. The standard InChI is InChI=1S/C68H128O6/c1-4-7-10-13-16-18-20-22-24-26-28-29-30-31-32-33-34-35-36-37-38-39-40-42-43-45-47-49-52-55-58-61-67(70)73-64-65(63-72-66(69)60-57-54-51-15-12-9-6-3)74-68(71)62-59-56-53-50-48-46-44-41-27-25-23-21-19-17-14-11-8-5-2/h19,21,25,27,65H,4-18,20,22-24,26,28-64H2,1-3H3/b21-19-,27-25-. The average molecular weight is 1040 g/mol. The zero-order valence-electron chi connectivity index (χ0n) is 50.1. The molecule has 0 aliphatic rings. The largest absolute Gasteiger partial charge is 0.462 e. The van der Waals surface area contributed by atoms with Crippen molar-refractivity contribution in [2.45, 2.75) is 380 Å². The molecule has 0 fully saturated rings. The molecule has 6 heteroatoms. The fourth-order valence-electron chi connectivity index (χ4n) is 10.2. The summed E-state index contributed by atoms with van der Waals surface area (Å²) in [6.45, 7) is 6.64. The summed E-state index contributed by atoms with van der Waals surface area (Å²) in [6, 6.07) is 0. The van der Waals surface area contributed by atoms with E-state index in [0.29, 0.717) is 19.3 Å². The van der Waals surface area contributed by atoms with Gasteiger partial charge >= 0.3 is 17.9 Å². The molecule has 436 valence electrons. The predicted molar refractivity (Wildman–Crippen MR) is 321 cm³/mol. The maximum Gasteiger partial charge on any atom is 0.306 e. The van der Waals surface area contributed by atoms with Crippen LogP contribution < -0.4 is 0 Å². The van der Waals surface area contributed by atoms with E-state index in [4.69, 9.17) is 14.2 Å². The van der Waals surface area contributed by atoms with E-state index in [1.54, 1.807) is 0 Å². The molecule has 0 aliphatic heterocycles. The van der Waals surface area contributed by atoms with Gasteiger partial charge in [-0.25, -0.2) is 0 Å². The summed E-state index contributed by atoms with van der Waals surface area (Å²) in [5.74, 6) is -0.861. The van der Waals surface area contributed by atoms with Gasteiger partial charge in [-0.3, -0.25) is 14.4 Å². The van der Waals surface area contributed by atoms with Gasteiger partial charge in [0.1, 0.15) is 13.2 Å². The van der Waals surface area contributed by atoms with Gasteiger partial charge in [0.15, 0.2) is 6.10 Å². The molecule has 0 bridgehead atoms. The third-order valence-corrected chi connectivity index (χ3v) is 15.2. The minimum atomic E-state index is -0.770. The Morgan fingerprint density at radius 1 is 0.270 bits per heavy atom. The van der Waals surface area contributed by atoms with Gasteiger partial charge in [-0.05, 0) is 51.4 Å². The summed E-state index contributed by atoms with van der Waals surface area (Å²) in [6.07, 6.45) is 76.7. The Labute approximate surface area is 462 Å². The van der Waals surface area contributed by atoms with Gasteiger partial charge in [-0.2, -0.15) is 0 Å². The van der Waals surface area contributed by atoms with Crippen molar-refractivity contribution in [2.75, 3.05) is 13.2 Å². The fourth-order valence-corrected chi connectivity index (χ4v) is 10.2. The van der Waals surface area contributed by atoms with E-state index in [-0.39, 0.29) is 31.1 Å². The molecule has 0 aromatic rings. The van der Waals surface area contributed by atoms with Gasteiger partial charge in [0.25, 0.3) is 0 Å². The van der Waals surface area contributed by atoms with Crippen LogP contribution in [0, 0.1) is 0 Å². The van der Waals surface area contributed by atoms with Crippen LogP contribution in [-0.2, 0) is 28.6 Å². The SMILES string of the molecule is CCCCCC/C=C\C/C=C\CCCCCCCCCC(=O)OC(COC(=O)CCCCCCCCC)COC(=O)CCCCCCCCCCCCCCCCCCCCCCCCCCCCCCCCC. The highest BCUT2D eigenvalue weighted by Gasteiger charge is 2.19. The van der Waals surface area contributed by atoms with Crippen LogP contribution in [0.2, 0.25) is 0 Å². The zero-order chi connectivity index (χ0) is 53.6. The monoisotopic (exact) mass is 1040 g/mol. The molecule has 0 radical (unpaired) electrons. The maximum atomic E-state index is 12.8. The van der Waals surface area contributed by atoms with Gasteiger partial charge in [0.2, 0.25) is 0 Å². The van der Waals surface area contributed by atoms with Crippen molar-refractivity contribution in [3.05, 3.63) is 24.3 Å². The molecule has 0 saturated carbocycles. The Bertz CT molecular complexity index is 1190. The lowest BCUT2D eigenvalue weighted by Crippen LogP contribution is -2.30. The molecule has 0 aromatic heterocycles. The first-order valence-electron chi connectivity index (χ1n) is 33.3. The van der Waals surface area contributed by atoms with Crippen molar-refractivity contribution in [2.24, 2.45) is 0 Å². The lowest BCUT2D eigenvalue weighted by Gasteiger charge is -2.18. The Balaban J connectivity index is 3.98. The first kappa shape index (κ1) is 71.9. The van der Waals surface area contributed by atoms with Crippen LogP contribution in [0.25, 0.3) is 0 Å². The topological polar surface area (TPSA) is 78.9 Å². The third-order valence-electron chi connectivity index (χ3n) is 15.2. The number of esters is 3. The molecular formula is C68H128O6. The van der Waals surface area contributed by atoms with Crippen molar-refractivity contribution >= 4 is 17.9 Å². The van der Waals surface area contributed by atoms with Gasteiger partial charge in [-0.1, -0.05) is 328 Å². The third kappa shape index (κ3) is 60.8. The second-order valence-electron chi connectivity index (χ2n) is 22.7. The number of rotatable bonds is 62. The van der Waals surface area contributed by atoms with Crippen molar-refractivity contribution in [3.8, 4) is 0 Å². The van der Waals surface area contributed by atoms with Crippen molar-refractivity contribution < 1.29 is 28.6 Å². The highest BCUT2D eigenvalue weighted by molar-refractivity contribution is 5.71. The Morgan fingerprint density at radius 3 is 0.757 bits per heavy atom. The van der Waals surface area contributed by atoms with Gasteiger partial charge in [-0.15, -0.1) is 0 Å². The van der Waals surface area contributed by atoms with Crippen molar-refractivity contribution in [1.29, 1.82) is 0 Å². The number of ether oxygens (including phenoxy) is 3. The highest BCUT2D eigenvalue weighted by atomic mass is 16.6. The number of hydrogen-bond acceptors (Lipinski definition) is 6. The van der Waals surface area contributed by atoms with Crippen LogP contribution in [0.1, 0.15) is 374 Å². The normalized spacial score (nSPS) is 12.1. The van der Waals surface area contributed by atoms with Crippen LogP contribution in [0.4, 0.5) is 0 Å². The van der Waals surface area contributed by atoms with E-state index in [2.05, 4.69) is 45.1 Å². The summed E-state index contributed by atoms with van der Waals surface area (Å²) in [5.41, 5.74) is 0. The van der Waals surface area contributed by atoms with E-state index in [9.17, 15) is 14.4 Å². The van der Waals surface area contributed by atoms with Crippen LogP contribution in [0.15, 0.2) is 24.3 Å². The lowest BCUT2D eigenvalue weighted by atomic mass is 10.0. The van der Waals surface area contributed by atoms with E-state index < -0.39 is 6.10 Å². The Hall–Kier alpha value is -2.11. The molecule has 6 nitrogen and oxygen atoms in total. The van der Waals surface area contributed by atoms with Gasteiger partial charge in [0.05, 0.1) is 0 Å². The van der Waals surface area contributed by atoms with E-state index in [0.717, 1.165) is 70.6 Å². The Morgan fingerprint density at radius 2 is 0.486 bits per heavy atom. The predicted octanol–water partition coefficient (Wildman–Crippen LogP) is 22.6. The smallest absolute Gasteiger partial charge is 0.306 e. The minimum Gasteiger partial charge on any atom is -0.462 e. The van der Waals surface area contributed by atoms with E-state index >= 15 is 0 Å². The summed E-state index contributed by atoms with van der Waals surface area (Å²) >= 11 is 0. The molecule has 0 saturated heterocycles. The van der Waals surface area contributed by atoms with Gasteiger partial charge < -0.3 is 14.2 Å². The molecule has 0 spiro atoms. The number of allylic oxidation sites excluding steroid dienone is 4. The summed E-state index contributed by atoms with van der Waals surface area (Å²) in [5, 5.41) is 0. The second kappa shape index (κ2) is 63.4. The maximum absolute atomic E-state index is 12.8. The molecule has 74 heavy (non-hydrogen) atoms. The zero-order valence-corrected chi connectivity index (χ0v) is 50.1. The first-order valence-corrected chi connectivity index (χ1v) is 33.3. The van der Waals surface area contributed by atoms with Crippen LogP contribution in [0.5, 0.6) is 0 Å². The quantitative estimate of drug-likeness (QED) is 0.0261. The van der Waals surface area contributed by atoms with Crippen molar-refractivity contribution in [1.82, 2.24) is 0 Å². The average Bonchev–Trinajstić information content (AvgIpc) is 3.40. The first-order chi connectivity index (χ1) is 36.5. The van der Waals surface area contributed by atoms with Crippen LogP contribution in [0.3, 0.4) is 0 Å². The molecule has 0 heterocycles. The van der Waals surface area contributed by atoms with Crippen LogP contribution in [-0.4, -0.2) is 37.2 Å². The van der Waals surface area contributed by atoms with Gasteiger partial charge in [0, 0.05) is 19.3 Å². The highest BCUT2D eigenvalue weighted by Crippen LogP contribution is 2.18. The lowest BCUT2D eigenvalue weighted by molar-refractivity contribution is -0.167. The molecular weight excluding hydrogens is 913 g/mol. The number of carbonyl (C=O) groups is 3. The van der Waals surface area contributed by atoms with Crippen molar-refractivity contribution in [3.63, 3.8) is 0 Å². The molecule has 0 amide bonds. The molecule has 0 N–H and O–H groups in total.